The fourth-order valence-corrected chi connectivity index (χ4v) is 2.63. The number of aliphatic hydroxyl groups is 1. The third kappa shape index (κ3) is 3.20. The fraction of sp³-hybridized carbons (Fsp3) is 0.733. The Balaban J connectivity index is 2.27. The van der Waals surface area contributed by atoms with Gasteiger partial charge in [-0.2, -0.15) is 0 Å². The average Bonchev–Trinajstić information content (AvgIpc) is 2.43. The minimum absolute atomic E-state index is 0.0991. The smallest absolute Gasteiger partial charge is 0.135 e. The Morgan fingerprint density at radius 3 is 2.40 bits per heavy atom. The van der Waals surface area contributed by atoms with Crippen LogP contribution < -0.4 is 10.6 Å². The van der Waals surface area contributed by atoms with Gasteiger partial charge in [-0.15, -0.1) is 0 Å². The van der Waals surface area contributed by atoms with Gasteiger partial charge in [-0.05, 0) is 19.8 Å². The van der Waals surface area contributed by atoms with Crippen LogP contribution in [0.3, 0.4) is 0 Å². The van der Waals surface area contributed by atoms with Crippen LogP contribution >= 0.6 is 0 Å². The molecule has 1 saturated carbocycles. The summed E-state index contributed by atoms with van der Waals surface area (Å²) in [5, 5.41) is 16.7. The van der Waals surface area contributed by atoms with E-state index in [1.54, 1.807) is 0 Å². The lowest BCUT2D eigenvalue weighted by Crippen LogP contribution is -2.37. The van der Waals surface area contributed by atoms with E-state index in [-0.39, 0.29) is 18.1 Å². The molecule has 0 radical (unpaired) electrons. The highest BCUT2D eigenvalue weighted by Gasteiger charge is 2.24. The maximum atomic E-state index is 10.1. The number of anilines is 2. The second kappa shape index (κ2) is 6.39. The average molecular weight is 278 g/mol. The van der Waals surface area contributed by atoms with E-state index >= 15 is 0 Å². The minimum atomic E-state index is -0.279. The lowest BCUT2D eigenvalue weighted by molar-refractivity contribution is 0.116. The number of hydrogen-bond acceptors (Lipinski definition) is 5. The molecule has 0 amide bonds. The highest BCUT2D eigenvalue weighted by molar-refractivity contribution is 5.57. The second-order valence-electron chi connectivity index (χ2n) is 5.91. The molecule has 112 valence electrons. The number of nitrogens with one attached hydrogen (secondary N) is 2. The van der Waals surface area contributed by atoms with E-state index in [2.05, 4.69) is 34.4 Å². The van der Waals surface area contributed by atoms with Gasteiger partial charge in [0.05, 0.1) is 12.1 Å². The molecule has 0 aliphatic heterocycles. The summed E-state index contributed by atoms with van der Waals surface area (Å²) in [6.45, 7) is 6.18. The minimum Gasteiger partial charge on any atom is -0.391 e. The second-order valence-corrected chi connectivity index (χ2v) is 5.91. The van der Waals surface area contributed by atoms with Crippen LogP contribution in [0.15, 0.2) is 0 Å². The maximum absolute atomic E-state index is 10.1. The van der Waals surface area contributed by atoms with Crippen molar-refractivity contribution in [3.05, 3.63) is 11.4 Å². The molecule has 1 aliphatic carbocycles. The normalized spacial score (nSPS) is 22.9. The Hall–Kier alpha value is -1.36. The van der Waals surface area contributed by atoms with Crippen molar-refractivity contribution in [3.63, 3.8) is 0 Å². The predicted octanol–water partition coefficient (Wildman–Crippen LogP) is 2.67. The van der Waals surface area contributed by atoms with Gasteiger partial charge in [0.25, 0.3) is 0 Å². The molecule has 2 rings (SSSR count). The van der Waals surface area contributed by atoms with Crippen molar-refractivity contribution < 1.29 is 5.11 Å². The molecule has 5 heteroatoms. The zero-order valence-corrected chi connectivity index (χ0v) is 12.9. The number of nitrogens with zero attached hydrogens (tertiary/aromatic N) is 2. The summed E-state index contributed by atoms with van der Waals surface area (Å²) in [6.07, 6.45) is 3.86. The van der Waals surface area contributed by atoms with Crippen LogP contribution in [0, 0.1) is 6.92 Å². The van der Waals surface area contributed by atoms with E-state index < -0.39 is 0 Å². The fourth-order valence-electron chi connectivity index (χ4n) is 2.63. The van der Waals surface area contributed by atoms with Crippen molar-refractivity contribution in [3.8, 4) is 0 Å². The Kier molecular flexibility index (Phi) is 4.81. The molecular formula is C15H26N4O. The van der Waals surface area contributed by atoms with E-state index in [0.29, 0.717) is 0 Å². The van der Waals surface area contributed by atoms with Gasteiger partial charge in [-0.25, -0.2) is 9.97 Å². The van der Waals surface area contributed by atoms with Gasteiger partial charge in [-0.1, -0.05) is 26.7 Å². The molecular weight excluding hydrogens is 252 g/mol. The van der Waals surface area contributed by atoms with Gasteiger partial charge < -0.3 is 15.7 Å². The number of hydrogen-bond donors (Lipinski definition) is 3. The lowest BCUT2D eigenvalue weighted by Gasteiger charge is -2.29. The van der Waals surface area contributed by atoms with E-state index in [1.807, 2.05) is 14.0 Å². The molecule has 1 aromatic heterocycles. The van der Waals surface area contributed by atoms with E-state index in [0.717, 1.165) is 48.7 Å². The molecule has 5 nitrogen and oxygen atoms in total. The van der Waals surface area contributed by atoms with Crippen LogP contribution in [0.1, 0.15) is 56.8 Å². The van der Waals surface area contributed by atoms with Gasteiger partial charge in [0.2, 0.25) is 0 Å². The standard InChI is InChI=1S/C15H26N4O/c1-9(2)13-18-14(16-4)10(3)15(19-13)17-11-7-5-6-8-12(11)20/h9,11-12,20H,5-8H2,1-4H3,(H2,16,17,18,19). The zero-order valence-electron chi connectivity index (χ0n) is 12.9. The quantitative estimate of drug-likeness (QED) is 0.790. The molecule has 0 spiro atoms. The van der Waals surface area contributed by atoms with Crippen molar-refractivity contribution in [2.75, 3.05) is 17.7 Å². The van der Waals surface area contributed by atoms with Gasteiger partial charge >= 0.3 is 0 Å². The van der Waals surface area contributed by atoms with Crippen molar-refractivity contribution in [1.29, 1.82) is 0 Å². The molecule has 0 bridgehead atoms. The molecule has 1 heterocycles. The molecule has 1 aromatic rings. The van der Waals surface area contributed by atoms with Crippen LogP contribution in [0.5, 0.6) is 0 Å². The summed E-state index contributed by atoms with van der Waals surface area (Å²) in [6, 6.07) is 0.0991. The SMILES string of the molecule is CNc1nc(C(C)C)nc(NC2CCCCC2O)c1C. The highest BCUT2D eigenvalue weighted by Crippen LogP contribution is 2.27. The van der Waals surface area contributed by atoms with E-state index in [4.69, 9.17) is 0 Å². The Labute approximate surface area is 121 Å². The maximum Gasteiger partial charge on any atom is 0.135 e. The molecule has 1 aliphatic rings. The van der Waals surface area contributed by atoms with Gasteiger partial charge in [0, 0.05) is 18.5 Å². The molecule has 2 atom stereocenters. The van der Waals surface area contributed by atoms with E-state index in [9.17, 15) is 5.11 Å². The van der Waals surface area contributed by atoms with Crippen molar-refractivity contribution in [2.24, 2.45) is 0 Å². The topological polar surface area (TPSA) is 70.1 Å². The number of aliphatic hydroxyl groups excluding tert-OH is 1. The van der Waals surface area contributed by atoms with Crippen molar-refractivity contribution in [1.82, 2.24) is 9.97 Å². The third-order valence-corrected chi connectivity index (χ3v) is 3.97. The van der Waals surface area contributed by atoms with Crippen molar-refractivity contribution in [2.45, 2.75) is 64.5 Å². The summed E-state index contributed by atoms with van der Waals surface area (Å²) in [5.74, 6) is 2.81. The van der Waals surface area contributed by atoms with Crippen LogP contribution in [-0.2, 0) is 0 Å². The number of aromatic nitrogens is 2. The van der Waals surface area contributed by atoms with Gasteiger partial charge in [-0.3, -0.25) is 0 Å². The molecule has 0 saturated heterocycles. The zero-order chi connectivity index (χ0) is 14.7. The molecule has 2 unspecified atom stereocenters. The lowest BCUT2D eigenvalue weighted by atomic mass is 9.92. The first kappa shape index (κ1) is 15.0. The van der Waals surface area contributed by atoms with Crippen molar-refractivity contribution >= 4 is 11.6 Å². The third-order valence-electron chi connectivity index (χ3n) is 3.97. The summed E-state index contributed by atoms with van der Waals surface area (Å²) in [4.78, 5) is 9.17. The van der Waals surface area contributed by atoms with Crippen LogP contribution in [0.2, 0.25) is 0 Å². The number of rotatable bonds is 4. The largest absolute Gasteiger partial charge is 0.391 e. The first-order valence-electron chi connectivity index (χ1n) is 7.53. The van der Waals surface area contributed by atoms with Gasteiger partial charge in [0.15, 0.2) is 0 Å². The molecule has 20 heavy (non-hydrogen) atoms. The molecule has 3 N–H and O–H groups in total. The van der Waals surface area contributed by atoms with E-state index in [1.165, 1.54) is 0 Å². The summed E-state index contributed by atoms with van der Waals surface area (Å²) < 4.78 is 0. The Bertz CT molecular complexity index is 461. The molecule has 0 aromatic carbocycles. The highest BCUT2D eigenvalue weighted by atomic mass is 16.3. The Morgan fingerprint density at radius 1 is 1.15 bits per heavy atom. The summed E-state index contributed by atoms with van der Waals surface area (Å²) in [5.41, 5.74) is 1.01. The van der Waals surface area contributed by atoms with Crippen LogP contribution in [0.25, 0.3) is 0 Å². The predicted molar refractivity (Wildman–Crippen MR) is 82.3 cm³/mol. The van der Waals surface area contributed by atoms with Crippen LogP contribution in [0.4, 0.5) is 11.6 Å². The first-order valence-corrected chi connectivity index (χ1v) is 7.53. The van der Waals surface area contributed by atoms with Gasteiger partial charge in [0.1, 0.15) is 17.5 Å². The first-order chi connectivity index (χ1) is 9.52. The summed E-state index contributed by atoms with van der Waals surface area (Å²) in [7, 11) is 1.87. The summed E-state index contributed by atoms with van der Waals surface area (Å²) >= 11 is 0. The monoisotopic (exact) mass is 278 g/mol. The molecule has 1 fully saturated rings. The van der Waals surface area contributed by atoms with Crippen LogP contribution in [-0.4, -0.2) is 34.3 Å². The Morgan fingerprint density at radius 2 is 1.80 bits per heavy atom.